The molecule has 1 aromatic rings. The molecule has 4 amide bonds. The van der Waals surface area contributed by atoms with Crippen molar-refractivity contribution in [2.75, 3.05) is 7.11 Å². The Bertz CT molecular complexity index is 1090. The van der Waals surface area contributed by atoms with E-state index in [0.717, 1.165) is 0 Å². The second kappa shape index (κ2) is 17.2. The van der Waals surface area contributed by atoms with Gasteiger partial charge >= 0.3 is 5.97 Å². The van der Waals surface area contributed by atoms with E-state index in [1.165, 1.54) is 21.0 Å². The summed E-state index contributed by atoms with van der Waals surface area (Å²) in [7, 11) is 1.20. The summed E-state index contributed by atoms with van der Waals surface area (Å²) in [5.41, 5.74) is 6.24. The number of rotatable bonds is 16. The summed E-state index contributed by atoms with van der Waals surface area (Å²) in [6.07, 6.45) is -2.51. The van der Waals surface area contributed by atoms with Crippen molar-refractivity contribution in [1.82, 2.24) is 21.3 Å². The topological polar surface area (TPSA) is 206 Å². The van der Waals surface area contributed by atoms with Gasteiger partial charge in [0, 0.05) is 0 Å². The molecule has 0 aliphatic carbocycles. The first-order valence-electron chi connectivity index (χ1n) is 13.9. The summed E-state index contributed by atoms with van der Waals surface area (Å²) < 4.78 is 4.74. The van der Waals surface area contributed by atoms with E-state index in [0.29, 0.717) is 5.56 Å². The molecule has 13 heteroatoms. The van der Waals surface area contributed by atoms with Crippen LogP contribution in [0.4, 0.5) is 0 Å². The van der Waals surface area contributed by atoms with Crippen LogP contribution in [0.2, 0.25) is 0 Å². The van der Waals surface area contributed by atoms with Crippen LogP contribution in [0.3, 0.4) is 0 Å². The monoisotopic (exact) mass is 591 g/mol. The molecule has 234 valence electrons. The largest absolute Gasteiger partial charge is 0.467 e. The maximum atomic E-state index is 13.0. The minimum atomic E-state index is -1.78. The summed E-state index contributed by atoms with van der Waals surface area (Å²) in [5.74, 6) is -4.89. The molecule has 0 fully saturated rings. The van der Waals surface area contributed by atoms with Crippen LogP contribution in [0.25, 0.3) is 0 Å². The number of Topliss-reactive ketones (excluding diaryl/α,β-unsaturated/α-hetero) is 1. The number of aliphatic hydroxyl groups is 1. The van der Waals surface area contributed by atoms with Gasteiger partial charge in [-0.2, -0.15) is 0 Å². The molecule has 7 N–H and O–H groups in total. The fourth-order valence-electron chi connectivity index (χ4n) is 3.94. The molecule has 0 aliphatic rings. The highest BCUT2D eigenvalue weighted by atomic mass is 16.5. The number of ketones is 1. The molecule has 0 saturated heterocycles. The SMILES string of the molecule is COC(=O)[C@@H](NC(=O)[C@@H](NC(=O)CC(=O)[C@@H](O)[C@H](Cc1ccccc1)NC(=O)[C@H](C)NC(=O)[C@H](C)N)C(C)C)C(C)C. The first-order chi connectivity index (χ1) is 19.6. The molecule has 0 heterocycles. The summed E-state index contributed by atoms with van der Waals surface area (Å²) in [6.45, 7) is 9.70. The number of aliphatic hydroxyl groups excluding tert-OH is 1. The second-order valence-electron chi connectivity index (χ2n) is 11.0. The minimum absolute atomic E-state index is 0.0518. The lowest BCUT2D eigenvalue weighted by Crippen LogP contribution is -2.56. The zero-order chi connectivity index (χ0) is 32.1. The summed E-state index contributed by atoms with van der Waals surface area (Å²) >= 11 is 0. The van der Waals surface area contributed by atoms with Crippen molar-refractivity contribution in [3.8, 4) is 0 Å². The maximum Gasteiger partial charge on any atom is 0.328 e. The minimum Gasteiger partial charge on any atom is -0.467 e. The van der Waals surface area contributed by atoms with Crippen LogP contribution in [0.1, 0.15) is 53.5 Å². The Hall–Kier alpha value is -3.84. The van der Waals surface area contributed by atoms with Gasteiger partial charge in [-0.25, -0.2) is 4.79 Å². The van der Waals surface area contributed by atoms with E-state index in [2.05, 4.69) is 21.3 Å². The van der Waals surface area contributed by atoms with Crippen molar-refractivity contribution in [2.24, 2.45) is 17.6 Å². The molecule has 0 radical (unpaired) electrons. The van der Waals surface area contributed by atoms with Gasteiger partial charge < -0.3 is 36.8 Å². The highest BCUT2D eigenvalue weighted by Crippen LogP contribution is 2.11. The van der Waals surface area contributed by atoms with E-state index in [1.807, 2.05) is 0 Å². The normalized spacial score (nSPS) is 15.4. The van der Waals surface area contributed by atoms with Crippen LogP contribution in [0, 0.1) is 11.8 Å². The third-order valence-electron chi connectivity index (χ3n) is 6.52. The Kier molecular flexibility index (Phi) is 14.8. The van der Waals surface area contributed by atoms with Gasteiger partial charge in [0.2, 0.25) is 23.6 Å². The molecular formula is C29H45N5O8. The van der Waals surface area contributed by atoms with E-state index in [4.69, 9.17) is 10.5 Å². The highest BCUT2D eigenvalue weighted by Gasteiger charge is 2.34. The molecule has 0 saturated carbocycles. The molecule has 0 spiro atoms. The molecule has 6 atom stereocenters. The standard InChI is InChI=1S/C29H45N5O8/c1-15(2)23(28(40)34-24(16(3)4)29(41)42-7)33-22(36)14-21(35)25(37)20(13-19-11-9-8-10-12-19)32-27(39)18(6)31-26(38)17(5)30/h8-12,15-18,20,23-25,37H,13-14,30H2,1-7H3,(H,31,38)(H,32,39)(H,33,36)(H,34,40)/t17-,18-,20-,23-,24-,25-/m0/s1. The van der Waals surface area contributed by atoms with Gasteiger partial charge in [-0.15, -0.1) is 0 Å². The Labute approximate surface area is 246 Å². The van der Waals surface area contributed by atoms with Gasteiger partial charge in [0.25, 0.3) is 0 Å². The number of methoxy groups -OCH3 is 1. The van der Waals surface area contributed by atoms with Crippen LogP contribution in [0.5, 0.6) is 0 Å². The van der Waals surface area contributed by atoms with Crippen LogP contribution in [-0.2, 0) is 39.9 Å². The second-order valence-corrected chi connectivity index (χ2v) is 11.0. The molecule has 0 aliphatic heterocycles. The van der Waals surface area contributed by atoms with Crippen molar-refractivity contribution in [1.29, 1.82) is 0 Å². The van der Waals surface area contributed by atoms with Gasteiger partial charge in [-0.05, 0) is 37.7 Å². The first-order valence-corrected chi connectivity index (χ1v) is 13.9. The first kappa shape index (κ1) is 36.2. The fraction of sp³-hybridized carbons (Fsp3) is 0.586. The van der Waals surface area contributed by atoms with E-state index in [9.17, 15) is 33.9 Å². The van der Waals surface area contributed by atoms with E-state index in [-0.39, 0.29) is 12.3 Å². The van der Waals surface area contributed by atoms with Crippen LogP contribution < -0.4 is 27.0 Å². The maximum absolute atomic E-state index is 13.0. The predicted octanol–water partition coefficient (Wildman–Crippen LogP) is -0.659. The molecule has 0 aromatic heterocycles. The number of nitrogens with two attached hydrogens (primary N) is 1. The van der Waals surface area contributed by atoms with Crippen molar-refractivity contribution < 1.29 is 38.6 Å². The average Bonchev–Trinajstić information content (AvgIpc) is 2.93. The lowest BCUT2D eigenvalue weighted by atomic mass is 9.96. The zero-order valence-corrected chi connectivity index (χ0v) is 25.3. The number of carbonyl (C=O) groups excluding carboxylic acids is 6. The molecule has 1 aromatic carbocycles. The molecule has 0 bridgehead atoms. The number of benzene rings is 1. The van der Waals surface area contributed by atoms with Crippen molar-refractivity contribution >= 4 is 35.4 Å². The molecule has 42 heavy (non-hydrogen) atoms. The summed E-state index contributed by atoms with van der Waals surface area (Å²) in [4.78, 5) is 75.5. The predicted molar refractivity (Wildman–Crippen MR) is 155 cm³/mol. The number of esters is 1. The molecule has 1 rings (SSSR count). The summed E-state index contributed by atoms with van der Waals surface area (Å²) in [6, 6.07) is 3.76. The average molecular weight is 592 g/mol. The fourth-order valence-corrected chi connectivity index (χ4v) is 3.94. The van der Waals surface area contributed by atoms with Gasteiger partial charge in [-0.1, -0.05) is 58.0 Å². The van der Waals surface area contributed by atoms with E-state index in [1.54, 1.807) is 58.0 Å². The zero-order valence-electron chi connectivity index (χ0n) is 25.3. The third-order valence-corrected chi connectivity index (χ3v) is 6.52. The van der Waals surface area contributed by atoms with Crippen LogP contribution in [-0.4, -0.2) is 83.9 Å². The van der Waals surface area contributed by atoms with Gasteiger partial charge in [-0.3, -0.25) is 24.0 Å². The van der Waals surface area contributed by atoms with E-state index >= 15 is 0 Å². The third kappa shape index (κ3) is 11.6. The van der Waals surface area contributed by atoms with Gasteiger partial charge in [0.05, 0.1) is 25.6 Å². The Morgan fingerprint density at radius 2 is 1.36 bits per heavy atom. The van der Waals surface area contributed by atoms with Gasteiger partial charge in [0.1, 0.15) is 24.2 Å². The van der Waals surface area contributed by atoms with Crippen LogP contribution >= 0.6 is 0 Å². The highest BCUT2D eigenvalue weighted by molar-refractivity contribution is 6.02. The Morgan fingerprint density at radius 1 is 0.786 bits per heavy atom. The van der Waals surface area contributed by atoms with Crippen molar-refractivity contribution in [2.45, 2.75) is 90.7 Å². The lowest BCUT2D eigenvalue weighted by Gasteiger charge is -2.27. The van der Waals surface area contributed by atoms with Gasteiger partial charge in [0.15, 0.2) is 5.78 Å². The number of hydrogen-bond donors (Lipinski definition) is 6. The Morgan fingerprint density at radius 3 is 1.86 bits per heavy atom. The Balaban J connectivity index is 3.01. The molecular weight excluding hydrogens is 546 g/mol. The molecule has 13 nitrogen and oxygen atoms in total. The summed E-state index contributed by atoms with van der Waals surface area (Å²) in [5, 5.41) is 21.0. The smallest absolute Gasteiger partial charge is 0.328 e. The lowest BCUT2D eigenvalue weighted by molar-refractivity contribution is -0.146. The quantitative estimate of drug-likeness (QED) is 0.106. The van der Waals surface area contributed by atoms with Crippen LogP contribution in [0.15, 0.2) is 30.3 Å². The van der Waals surface area contributed by atoms with Crippen molar-refractivity contribution in [3.05, 3.63) is 35.9 Å². The number of ether oxygens (including phenoxy) is 1. The number of carbonyl (C=O) groups is 6. The molecule has 0 unspecified atom stereocenters. The van der Waals surface area contributed by atoms with E-state index < -0.39 is 84.0 Å². The number of amides is 4. The van der Waals surface area contributed by atoms with Crippen molar-refractivity contribution in [3.63, 3.8) is 0 Å². The number of hydrogen-bond acceptors (Lipinski definition) is 9. The number of nitrogens with one attached hydrogen (secondary N) is 4.